The minimum Gasteiger partial charge on any atom is -0.489 e. The molecule has 6 aromatic rings. The molecule has 0 fully saturated rings. The van der Waals surface area contributed by atoms with E-state index in [1.807, 2.05) is 72.8 Å². The standard InChI is InChI=1S/C40H28NO9P/c42-38(28-13-11-27(12-14-28)26-9-5-2-6-10-26)41-29-15-18-33-32(21-29)39(43)49-40(33)34-19-16-30(47-24-25-7-3-1-4-8-25)22-36(34)48-37-23-31(17-20-35(37)40)50-51(44,45)46/h1-23H,24H2,(H,41,42)(H2,44,45,46). The molecule has 51 heavy (non-hydrogen) atoms. The number of hydrogen-bond donors (Lipinski definition) is 3. The number of phosphoric ester groups is 1. The van der Waals surface area contributed by atoms with Crippen LogP contribution in [0, 0.1) is 0 Å². The van der Waals surface area contributed by atoms with Gasteiger partial charge in [-0.2, -0.15) is 0 Å². The van der Waals surface area contributed by atoms with Crippen molar-refractivity contribution in [2.45, 2.75) is 12.2 Å². The second-order valence-corrected chi connectivity index (χ2v) is 13.2. The number of anilines is 1. The maximum absolute atomic E-state index is 13.7. The molecule has 1 amide bonds. The first-order valence-corrected chi connectivity index (χ1v) is 17.4. The van der Waals surface area contributed by atoms with Gasteiger partial charge in [0, 0.05) is 40.1 Å². The van der Waals surface area contributed by atoms with E-state index in [4.69, 9.17) is 18.7 Å². The zero-order valence-corrected chi connectivity index (χ0v) is 27.6. The second kappa shape index (κ2) is 12.6. The molecule has 10 nitrogen and oxygen atoms in total. The van der Waals surface area contributed by atoms with Crippen LogP contribution in [0.25, 0.3) is 11.1 Å². The Bertz CT molecular complexity index is 2360. The van der Waals surface area contributed by atoms with Crippen molar-refractivity contribution in [1.29, 1.82) is 0 Å². The lowest BCUT2D eigenvalue weighted by atomic mass is 9.77. The van der Waals surface area contributed by atoms with Gasteiger partial charge in [-0.05, 0) is 65.2 Å². The van der Waals surface area contributed by atoms with Crippen molar-refractivity contribution >= 4 is 25.4 Å². The third-order valence-corrected chi connectivity index (χ3v) is 9.18. The summed E-state index contributed by atoms with van der Waals surface area (Å²) in [6.07, 6.45) is 0. The highest BCUT2D eigenvalue weighted by molar-refractivity contribution is 7.46. The minimum absolute atomic E-state index is 0.142. The zero-order valence-electron chi connectivity index (χ0n) is 26.7. The first-order chi connectivity index (χ1) is 24.7. The van der Waals surface area contributed by atoms with Gasteiger partial charge in [-0.25, -0.2) is 9.36 Å². The fourth-order valence-corrected chi connectivity index (χ4v) is 6.83. The van der Waals surface area contributed by atoms with Crippen LogP contribution in [0.4, 0.5) is 5.69 Å². The van der Waals surface area contributed by atoms with E-state index in [0.29, 0.717) is 46.0 Å². The van der Waals surface area contributed by atoms with Gasteiger partial charge in [-0.15, -0.1) is 0 Å². The second-order valence-electron chi connectivity index (χ2n) is 12.0. The number of carbonyl (C=O) groups is 2. The average Bonchev–Trinajstić information content (AvgIpc) is 3.42. The molecule has 3 N–H and O–H groups in total. The highest BCUT2D eigenvalue weighted by Gasteiger charge is 2.54. The minimum atomic E-state index is -4.88. The predicted molar refractivity (Wildman–Crippen MR) is 188 cm³/mol. The summed E-state index contributed by atoms with van der Waals surface area (Å²) in [6.45, 7) is 0.297. The normalized spacial score (nSPS) is 15.5. The number of ether oxygens (including phenoxy) is 3. The number of hydrogen-bond acceptors (Lipinski definition) is 7. The lowest BCUT2D eigenvalue weighted by Gasteiger charge is -2.36. The molecule has 1 spiro atoms. The molecule has 1 unspecified atom stereocenters. The highest BCUT2D eigenvalue weighted by atomic mass is 31.2. The van der Waals surface area contributed by atoms with Crippen LogP contribution >= 0.6 is 7.82 Å². The average molecular weight is 698 g/mol. The summed E-state index contributed by atoms with van der Waals surface area (Å²) in [5.41, 5.74) is 3.95. The van der Waals surface area contributed by atoms with E-state index >= 15 is 0 Å². The molecule has 0 saturated heterocycles. The largest absolute Gasteiger partial charge is 0.524 e. The Morgan fingerprint density at radius 3 is 2.00 bits per heavy atom. The molecule has 1 atom stereocenters. The van der Waals surface area contributed by atoms with Crippen molar-refractivity contribution in [3.63, 3.8) is 0 Å². The summed E-state index contributed by atoms with van der Waals surface area (Å²) in [7, 11) is -4.88. The Hall–Kier alpha value is -6.19. The van der Waals surface area contributed by atoms with Crippen molar-refractivity contribution in [3.05, 3.63) is 173 Å². The number of rotatable bonds is 8. The van der Waals surface area contributed by atoms with Crippen LogP contribution in [0.1, 0.15) is 43.0 Å². The number of esters is 1. The molecule has 2 aliphatic rings. The summed E-state index contributed by atoms with van der Waals surface area (Å²) in [5, 5.41) is 2.88. The third kappa shape index (κ3) is 6.13. The molecule has 6 aromatic carbocycles. The Morgan fingerprint density at radius 2 is 1.31 bits per heavy atom. The van der Waals surface area contributed by atoms with Crippen LogP contribution in [-0.4, -0.2) is 21.7 Å². The summed E-state index contributed by atoms with van der Waals surface area (Å²) in [4.78, 5) is 45.8. The Kier molecular flexibility index (Phi) is 7.92. The Balaban J connectivity index is 1.14. The Morgan fingerprint density at radius 1 is 0.706 bits per heavy atom. The quantitative estimate of drug-likeness (QED) is 0.106. The van der Waals surface area contributed by atoms with Crippen LogP contribution in [0.5, 0.6) is 23.0 Å². The van der Waals surface area contributed by atoms with Gasteiger partial charge in [0.2, 0.25) is 0 Å². The third-order valence-electron chi connectivity index (χ3n) is 8.73. The molecule has 0 saturated carbocycles. The molecular weight excluding hydrogens is 669 g/mol. The van der Waals surface area contributed by atoms with E-state index in [1.54, 1.807) is 54.6 Å². The topological polar surface area (TPSA) is 141 Å². The number of fused-ring (bicyclic) bond motifs is 6. The molecular formula is C40H28NO9P. The van der Waals surface area contributed by atoms with Gasteiger partial charge < -0.3 is 24.1 Å². The summed E-state index contributed by atoms with van der Waals surface area (Å²) in [5.74, 6) is -0.177. The number of carbonyl (C=O) groups excluding carboxylic acids is 2. The van der Waals surface area contributed by atoms with Crippen molar-refractivity contribution in [2.24, 2.45) is 0 Å². The number of benzene rings is 6. The van der Waals surface area contributed by atoms with Crippen LogP contribution in [0.3, 0.4) is 0 Å². The van der Waals surface area contributed by atoms with Crippen LogP contribution in [0.15, 0.2) is 140 Å². The molecule has 0 bridgehead atoms. The van der Waals surface area contributed by atoms with Gasteiger partial charge in [-0.3, -0.25) is 14.6 Å². The highest BCUT2D eigenvalue weighted by Crippen LogP contribution is 2.57. The smallest absolute Gasteiger partial charge is 0.489 e. The van der Waals surface area contributed by atoms with E-state index in [0.717, 1.165) is 16.7 Å². The summed E-state index contributed by atoms with van der Waals surface area (Å²) >= 11 is 0. The predicted octanol–water partition coefficient (Wildman–Crippen LogP) is 8.22. The van der Waals surface area contributed by atoms with Crippen molar-refractivity contribution in [1.82, 2.24) is 0 Å². The number of amides is 1. The molecule has 8 rings (SSSR count). The molecule has 252 valence electrons. The molecule has 2 aliphatic heterocycles. The van der Waals surface area contributed by atoms with Gasteiger partial charge in [0.15, 0.2) is 5.60 Å². The van der Waals surface area contributed by atoms with Crippen LogP contribution in [0.2, 0.25) is 0 Å². The lowest BCUT2D eigenvalue weighted by Crippen LogP contribution is -2.33. The molecule has 11 heteroatoms. The molecule has 0 aromatic heterocycles. The fourth-order valence-electron chi connectivity index (χ4n) is 6.44. The van der Waals surface area contributed by atoms with E-state index in [1.165, 1.54) is 12.1 Å². The van der Waals surface area contributed by atoms with E-state index in [2.05, 4.69) is 5.32 Å². The fraction of sp³-hybridized carbons (Fsp3) is 0.0500. The van der Waals surface area contributed by atoms with E-state index < -0.39 is 19.4 Å². The number of phosphoric acid groups is 1. The van der Waals surface area contributed by atoms with Crippen molar-refractivity contribution in [3.8, 4) is 34.1 Å². The van der Waals surface area contributed by atoms with Crippen molar-refractivity contribution < 1.29 is 42.7 Å². The van der Waals surface area contributed by atoms with Gasteiger partial charge in [-0.1, -0.05) is 78.9 Å². The molecule has 0 radical (unpaired) electrons. The maximum Gasteiger partial charge on any atom is 0.524 e. The van der Waals surface area contributed by atoms with E-state index in [9.17, 15) is 23.9 Å². The van der Waals surface area contributed by atoms with Gasteiger partial charge in [0.1, 0.15) is 29.6 Å². The van der Waals surface area contributed by atoms with Gasteiger partial charge in [0.25, 0.3) is 5.91 Å². The SMILES string of the molecule is O=C(Nc1ccc2c(c1)C(=O)OC21c2ccc(OCc3ccccc3)cc2Oc2cc(OP(=O)(O)O)ccc21)c1ccc(-c2ccccc2)cc1. The van der Waals surface area contributed by atoms with Gasteiger partial charge in [0.05, 0.1) is 5.56 Å². The van der Waals surface area contributed by atoms with Crippen LogP contribution < -0.4 is 19.3 Å². The van der Waals surface area contributed by atoms with Crippen molar-refractivity contribution in [2.75, 3.05) is 5.32 Å². The summed E-state index contributed by atoms with van der Waals surface area (Å²) < 4.78 is 35.0. The number of nitrogens with one attached hydrogen (secondary N) is 1. The zero-order chi connectivity index (χ0) is 35.2. The van der Waals surface area contributed by atoms with Gasteiger partial charge >= 0.3 is 13.8 Å². The first kappa shape index (κ1) is 32.0. The van der Waals surface area contributed by atoms with Crippen LogP contribution in [-0.2, 0) is 21.5 Å². The molecule has 0 aliphatic carbocycles. The monoisotopic (exact) mass is 697 g/mol. The molecule has 2 heterocycles. The summed E-state index contributed by atoms with van der Waals surface area (Å²) in [6, 6.07) is 41.1. The van der Waals surface area contributed by atoms with E-state index in [-0.39, 0.29) is 23.0 Å². The first-order valence-electron chi connectivity index (χ1n) is 15.9. The lowest BCUT2D eigenvalue weighted by molar-refractivity contribution is 0.0224. The Labute approximate surface area is 292 Å². The maximum atomic E-state index is 13.7.